The highest BCUT2D eigenvalue weighted by Crippen LogP contribution is 2.28. The molecular formula is C19H23ClN4O4S. The van der Waals surface area contributed by atoms with Crippen molar-refractivity contribution in [2.24, 2.45) is 0 Å². The lowest BCUT2D eigenvalue weighted by Crippen LogP contribution is -2.37. The standard InChI is InChI=1S/C19H22N4O4S.ClH/c24-23(25)18-5-7-19(8-6-18)28(26,27)20-15-1-3-16(4-2-15)22-14-13-21-11-9-17(22)10-12-21;/h1-8,17,20H,9-14H2;1H. The zero-order valence-electron chi connectivity index (χ0n) is 15.7. The van der Waals surface area contributed by atoms with Crippen molar-refractivity contribution in [1.82, 2.24) is 4.90 Å². The zero-order valence-corrected chi connectivity index (χ0v) is 17.4. The van der Waals surface area contributed by atoms with Crippen molar-refractivity contribution in [3.05, 3.63) is 58.6 Å². The molecule has 0 saturated carbocycles. The summed E-state index contributed by atoms with van der Waals surface area (Å²) in [6.45, 7) is 4.34. The third-order valence-corrected chi connectivity index (χ3v) is 6.86. The number of nitrogens with zero attached hydrogens (tertiary/aromatic N) is 3. The van der Waals surface area contributed by atoms with E-state index in [9.17, 15) is 18.5 Å². The summed E-state index contributed by atoms with van der Waals surface area (Å²) in [6, 6.07) is 12.8. The minimum Gasteiger partial charge on any atom is -0.367 e. The minimum atomic E-state index is -3.80. The molecule has 3 aliphatic rings. The van der Waals surface area contributed by atoms with Crippen LogP contribution in [0.1, 0.15) is 12.8 Å². The topological polar surface area (TPSA) is 95.8 Å². The number of nitro benzene ring substituents is 1. The van der Waals surface area contributed by atoms with Gasteiger partial charge in [-0.3, -0.25) is 14.8 Å². The maximum Gasteiger partial charge on any atom is 0.269 e. The van der Waals surface area contributed by atoms with E-state index < -0.39 is 14.9 Å². The third-order valence-electron chi connectivity index (χ3n) is 5.46. The van der Waals surface area contributed by atoms with Crippen LogP contribution in [0.2, 0.25) is 0 Å². The Kier molecular flexibility index (Phi) is 6.30. The number of halogens is 1. The number of nitro groups is 1. The number of fused-ring (bicyclic) bond motifs is 4. The van der Waals surface area contributed by atoms with Crippen LogP contribution >= 0.6 is 12.4 Å². The first kappa shape index (κ1) is 21.4. The number of hydrogen-bond acceptors (Lipinski definition) is 6. The van der Waals surface area contributed by atoms with Crippen LogP contribution in [0.15, 0.2) is 53.4 Å². The van der Waals surface area contributed by atoms with Crippen LogP contribution in [0, 0.1) is 10.1 Å². The van der Waals surface area contributed by atoms with Gasteiger partial charge in [0.05, 0.1) is 9.82 Å². The molecule has 5 rings (SSSR count). The van der Waals surface area contributed by atoms with Crippen LogP contribution in [0.5, 0.6) is 0 Å². The van der Waals surface area contributed by atoms with Gasteiger partial charge in [-0.1, -0.05) is 0 Å². The monoisotopic (exact) mass is 438 g/mol. The molecule has 2 bridgehead atoms. The number of benzene rings is 2. The van der Waals surface area contributed by atoms with Gasteiger partial charge in [-0.25, -0.2) is 8.42 Å². The Hall–Kier alpha value is -2.36. The van der Waals surface area contributed by atoms with Crippen LogP contribution < -0.4 is 9.62 Å². The molecule has 0 aromatic heterocycles. The van der Waals surface area contributed by atoms with Crippen molar-refractivity contribution in [2.45, 2.75) is 23.8 Å². The second kappa shape index (κ2) is 8.56. The van der Waals surface area contributed by atoms with Crippen LogP contribution in [-0.4, -0.2) is 50.5 Å². The molecule has 3 saturated heterocycles. The van der Waals surface area contributed by atoms with Crippen LogP contribution in [-0.2, 0) is 10.0 Å². The quantitative estimate of drug-likeness (QED) is 0.569. The van der Waals surface area contributed by atoms with Crippen LogP contribution in [0.25, 0.3) is 0 Å². The van der Waals surface area contributed by atoms with Crippen molar-refractivity contribution in [3.8, 4) is 0 Å². The summed E-state index contributed by atoms with van der Waals surface area (Å²) in [4.78, 5) is 15.1. The summed E-state index contributed by atoms with van der Waals surface area (Å²) in [5.74, 6) is 0. The summed E-state index contributed by atoms with van der Waals surface area (Å²) < 4.78 is 27.6. The molecule has 29 heavy (non-hydrogen) atoms. The smallest absolute Gasteiger partial charge is 0.269 e. The van der Waals surface area contributed by atoms with E-state index in [-0.39, 0.29) is 23.0 Å². The Morgan fingerprint density at radius 3 is 2.14 bits per heavy atom. The molecule has 10 heteroatoms. The van der Waals surface area contributed by atoms with Gasteiger partial charge in [0.2, 0.25) is 0 Å². The molecule has 0 spiro atoms. The van der Waals surface area contributed by atoms with E-state index in [0.717, 1.165) is 44.7 Å². The molecule has 0 radical (unpaired) electrons. The lowest BCUT2D eigenvalue weighted by Gasteiger charge is -2.33. The van der Waals surface area contributed by atoms with Gasteiger partial charge >= 0.3 is 0 Å². The fourth-order valence-electron chi connectivity index (χ4n) is 3.91. The second-order valence-corrected chi connectivity index (χ2v) is 8.85. The summed E-state index contributed by atoms with van der Waals surface area (Å²) in [5, 5.41) is 10.7. The van der Waals surface area contributed by atoms with Gasteiger partial charge in [0.1, 0.15) is 0 Å². The Labute approximate surface area is 176 Å². The largest absolute Gasteiger partial charge is 0.367 e. The van der Waals surface area contributed by atoms with E-state index in [1.165, 1.54) is 24.3 Å². The Bertz CT molecular complexity index is 959. The SMILES string of the molecule is Cl.O=[N+]([O-])c1ccc(S(=O)(=O)Nc2ccc(N3CCN4CCC3CC4)cc2)cc1. The third kappa shape index (κ3) is 4.63. The molecule has 8 nitrogen and oxygen atoms in total. The fourth-order valence-corrected chi connectivity index (χ4v) is 4.97. The predicted octanol–water partition coefficient (Wildman–Crippen LogP) is 3.10. The lowest BCUT2D eigenvalue weighted by molar-refractivity contribution is -0.384. The number of sulfonamides is 1. The highest BCUT2D eigenvalue weighted by molar-refractivity contribution is 7.92. The highest BCUT2D eigenvalue weighted by Gasteiger charge is 2.29. The van der Waals surface area contributed by atoms with Gasteiger partial charge in [0, 0.05) is 55.7 Å². The molecule has 3 aliphatic heterocycles. The number of hydrogen-bond donors (Lipinski definition) is 1. The van der Waals surface area contributed by atoms with Gasteiger partial charge in [0.25, 0.3) is 15.7 Å². The van der Waals surface area contributed by atoms with E-state index in [1.54, 1.807) is 12.1 Å². The average molecular weight is 439 g/mol. The van der Waals surface area contributed by atoms with Crippen molar-refractivity contribution in [1.29, 1.82) is 0 Å². The summed E-state index contributed by atoms with van der Waals surface area (Å²) in [5.41, 5.74) is 1.42. The molecule has 2 aromatic rings. The number of anilines is 2. The van der Waals surface area contributed by atoms with Crippen molar-refractivity contribution in [2.75, 3.05) is 35.8 Å². The molecule has 156 valence electrons. The number of nitrogens with one attached hydrogen (secondary N) is 1. The second-order valence-electron chi connectivity index (χ2n) is 7.17. The van der Waals surface area contributed by atoms with Crippen LogP contribution in [0.4, 0.5) is 17.1 Å². The minimum absolute atomic E-state index is 0. The molecule has 3 fully saturated rings. The Morgan fingerprint density at radius 2 is 1.55 bits per heavy atom. The van der Waals surface area contributed by atoms with Crippen molar-refractivity contribution >= 4 is 39.5 Å². The number of rotatable bonds is 5. The lowest BCUT2D eigenvalue weighted by atomic mass is 10.0. The maximum absolute atomic E-state index is 12.5. The van der Waals surface area contributed by atoms with E-state index in [0.29, 0.717) is 11.7 Å². The fraction of sp³-hybridized carbons (Fsp3) is 0.368. The first-order chi connectivity index (χ1) is 13.4. The molecular weight excluding hydrogens is 416 g/mol. The first-order valence-corrected chi connectivity index (χ1v) is 10.8. The average Bonchev–Trinajstić information content (AvgIpc) is 3.02. The number of piperidine rings is 1. The van der Waals surface area contributed by atoms with Crippen molar-refractivity contribution < 1.29 is 13.3 Å². The predicted molar refractivity (Wildman–Crippen MR) is 114 cm³/mol. The Balaban J connectivity index is 0.00000240. The normalized spacial score (nSPS) is 21.2. The van der Waals surface area contributed by atoms with Crippen LogP contribution in [0.3, 0.4) is 0 Å². The molecule has 1 N–H and O–H groups in total. The summed E-state index contributed by atoms with van der Waals surface area (Å²) in [7, 11) is -3.80. The van der Waals surface area contributed by atoms with Gasteiger partial charge in [-0.2, -0.15) is 0 Å². The highest BCUT2D eigenvalue weighted by atomic mass is 35.5. The first-order valence-electron chi connectivity index (χ1n) is 9.29. The molecule has 0 aliphatic carbocycles. The summed E-state index contributed by atoms with van der Waals surface area (Å²) >= 11 is 0. The van der Waals surface area contributed by atoms with E-state index in [1.807, 2.05) is 12.1 Å². The van der Waals surface area contributed by atoms with E-state index >= 15 is 0 Å². The molecule has 2 aromatic carbocycles. The zero-order chi connectivity index (χ0) is 19.7. The molecule has 3 heterocycles. The molecule has 0 atom stereocenters. The van der Waals surface area contributed by atoms with E-state index in [4.69, 9.17) is 0 Å². The molecule has 0 unspecified atom stereocenters. The van der Waals surface area contributed by atoms with Gasteiger partial charge in [-0.15, -0.1) is 12.4 Å². The van der Waals surface area contributed by atoms with Gasteiger partial charge in [-0.05, 0) is 49.2 Å². The van der Waals surface area contributed by atoms with Gasteiger partial charge in [0.15, 0.2) is 0 Å². The Morgan fingerprint density at radius 1 is 0.931 bits per heavy atom. The number of non-ortho nitro benzene ring substituents is 1. The van der Waals surface area contributed by atoms with E-state index in [2.05, 4.69) is 14.5 Å². The maximum atomic E-state index is 12.5. The molecule has 0 amide bonds. The summed E-state index contributed by atoms with van der Waals surface area (Å²) in [6.07, 6.45) is 2.32. The van der Waals surface area contributed by atoms with Crippen molar-refractivity contribution in [3.63, 3.8) is 0 Å². The van der Waals surface area contributed by atoms with Gasteiger partial charge < -0.3 is 9.80 Å².